The van der Waals surface area contributed by atoms with Crippen molar-refractivity contribution in [2.24, 2.45) is 0 Å². The highest BCUT2D eigenvalue weighted by atomic mass is 32.1. The summed E-state index contributed by atoms with van der Waals surface area (Å²) in [6.45, 7) is 8.99. The highest BCUT2D eigenvalue weighted by Crippen LogP contribution is 2.33. The molecule has 2 N–H and O–H groups in total. The maximum Gasteiger partial charge on any atom is 0.148 e. The zero-order valence-corrected chi connectivity index (χ0v) is 17.5. The predicted molar refractivity (Wildman–Crippen MR) is 116 cm³/mol. The SMILES string of the molecule is CC1(C)CC(Nc2ccc(-c3cc4cc(C#N)ccc4s3)nn2)CC(C)(C)N1. The molecule has 0 unspecified atom stereocenters. The molecule has 5 nitrogen and oxygen atoms in total. The Labute approximate surface area is 169 Å². The van der Waals surface area contributed by atoms with Crippen molar-refractivity contribution in [1.29, 1.82) is 5.26 Å². The summed E-state index contributed by atoms with van der Waals surface area (Å²) < 4.78 is 1.15. The fraction of sp³-hybridized carbons (Fsp3) is 0.409. The second-order valence-electron chi connectivity index (χ2n) is 8.92. The summed E-state index contributed by atoms with van der Waals surface area (Å²) in [6.07, 6.45) is 2.08. The summed E-state index contributed by atoms with van der Waals surface area (Å²) in [5.74, 6) is 0.815. The van der Waals surface area contributed by atoms with Gasteiger partial charge in [-0.2, -0.15) is 5.26 Å². The van der Waals surface area contributed by atoms with Crippen LogP contribution in [0.25, 0.3) is 20.7 Å². The Morgan fingerprint density at radius 1 is 1.07 bits per heavy atom. The standard InChI is InChI=1S/C22H25N5S/c1-21(2)11-16(12-22(3,4)27-21)24-20-8-6-17(25-26-20)19-10-15-9-14(13-23)5-7-18(15)28-19/h5-10,16,27H,11-12H2,1-4H3,(H,24,26). The van der Waals surface area contributed by atoms with Gasteiger partial charge in [-0.1, -0.05) is 0 Å². The van der Waals surface area contributed by atoms with Gasteiger partial charge in [0, 0.05) is 21.8 Å². The Morgan fingerprint density at radius 3 is 2.46 bits per heavy atom. The number of piperidine rings is 1. The molecule has 0 spiro atoms. The molecule has 1 aromatic carbocycles. The summed E-state index contributed by atoms with van der Waals surface area (Å²) >= 11 is 1.67. The van der Waals surface area contributed by atoms with Crippen LogP contribution in [0.4, 0.5) is 5.82 Å². The molecule has 1 aliphatic rings. The highest BCUT2D eigenvalue weighted by molar-refractivity contribution is 7.22. The van der Waals surface area contributed by atoms with E-state index in [2.05, 4.69) is 60.7 Å². The number of fused-ring (bicyclic) bond motifs is 1. The first-order valence-electron chi connectivity index (χ1n) is 9.57. The van der Waals surface area contributed by atoms with Gasteiger partial charge in [0.2, 0.25) is 0 Å². The van der Waals surface area contributed by atoms with E-state index >= 15 is 0 Å². The van der Waals surface area contributed by atoms with Crippen molar-refractivity contribution in [2.75, 3.05) is 5.32 Å². The second kappa shape index (κ2) is 6.84. The fourth-order valence-electron chi connectivity index (χ4n) is 4.41. The minimum absolute atomic E-state index is 0.0894. The number of anilines is 1. The number of aromatic nitrogens is 2. The van der Waals surface area contributed by atoms with E-state index in [1.54, 1.807) is 11.3 Å². The van der Waals surface area contributed by atoms with E-state index in [0.717, 1.165) is 39.3 Å². The molecule has 0 radical (unpaired) electrons. The molecular weight excluding hydrogens is 366 g/mol. The van der Waals surface area contributed by atoms with Crippen LogP contribution in [-0.2, 0) is 0 Å². The van der Waals surface area contributed by atoms with Gasteiger partial charge in [0.05, 0.1) is 16.5 Å². The van der Waals surface area contributed by atoms with Gasteiger partial charge in [0.25, 0.3) is 0 Å². The third kappa shape index (κ3) is 4.01. The summed E-state index contributed by atoms with van der Waals surface area (Å²) in [7, 11) is 0. The normalized spacial score (nSPS) is 18.7. The largest absolute Gasteiger partial charge is 0.366 e. The summed E-state index contributed by atoms with van der Waals surface area (Å²) in [5.41, 5.74) is 1.71. The average Bonchev–Trinajstić information content (AvgIpc) is 3.02. The zero-order valence-electron chi connectivity index (χ0n) is 16.7. The van der Waals surface area contributed by atoms with Crippen molar-refractivity contribution in [3.63, 3.8) is 0 Å². The first-order chi connectivity index (χ1) is 13.2. The molecule has 1 saturated heterocycles. The summed E-state index contributed by atoms with van der Waals surface area (Å²) in [4.78, 5) is 1.06. The maximum atomic E-state index is 9.07. The molecule has 28 heavy (non-hydrogen) atoms. The molecule has 0 saturated carbocycles. The van der Waals surface area contributed by atoms with Gasteiger partial charge >= 0.3 is 0 Å². The lowest BCUT2D eigenvalue weighted by atomic mass is 9.79. The smallest absolute Gasteiger partial charge is 0.148 e. The second-order valence-corrected chi connectivity index (χ2v) is 10.0. The van der Waals surface area contributed by atoms with Gasteiger partial charge in [-0.05, 0) is 82.3 Å². The van der Waals surface area contributed by atoms with Crippen LogP contribution in [0.5, 0.6) is 0 Å². The minimum atomic E-state index is 0.0894. The Bertz CT molecular complexity index is 1030. The molecule has 6 heteroatoms. The molecule has 0 atom stereocenters. The lowest BCUT2D eigenvalue weighted by molar-refractivity contribution is 0.170. The monoisotopic (exact) mass is 391 g/mol. The van der Waals surface area contributed by atoms with Crippen LogP contribution in [0.3, 0.4) is 0 Å². The van der Waals surface area contributed by atoms with Crippen LogP contribution in [0, 0.1) is 11.3 Å². The molecular formula is C22H25N5S. The van der Waals surface area contributed by atoms with Crippen molar-refractivity contribution >= 4 is 27.2 Å². The van der Waals surface area contributed by atoms with Crippen LogP contribution < -0.4 is 10.6 Å². The van der Waals surface area contributed by atoms with E-state index in [1.807, 2.05) is 30.3 Å². The van der Waals surface area contributed by atoms with Gasteiger partial charge in [-0.3, -0.25) is 0 Å². The van der Waals surface area contributed by atoms with Crippen molar-refractivity contribution in [3.05, 3.63) is 42.0 Å². The van der Waals surface area contributed by atoms with Crippen LogP contribution in [-0.4, -0.2) is 27.3 Å². The molecule has 2 aromatic heterocycles. The minimum Gasteiger partial charge on any atom is -0.366 e. The Hall–Kier alpha value is -2.49. The number of thiophene rings is 1. The number of nitrogens with one attached hydrogen (secondary N) is 2. The van der Waals surface area contributed by atoms with Crippen molar-refractivity contribution in [3.8, 4) is 16.6 Å². The topological polar surface area (TPSA) is 73.6 Å². The van der Waals surface area contributed by atoms with E-state index in [-0.39, 0.29) is 11.1 Å². The van der Waals surface area contributed by atoms with Crippen LogP contribution >= 0.6 is 11.3 Å². The van der Waals surface area contributed by atoms with Crippen molar-refractivity contribution in [1.82, 2.24) is 15.5 Å². The van der Waals surface area contributed by atoms with Gasteiger partial charge < -0.3 is 10.6 Å². The van der Waals surface area contributed by atoms with Crippen LogP contribution in [0.1, 0.15) is 46.1 Å². The Morgan fingerprint density at radius 2 is 1.82 bits per heavy atom. The third-order valence-electron chi connectivity index (χ3n) is 5.10. The third-order valence-corrected chi connectivity index (χ3v) is 6.24. The van der Waals surface area contributed by atoms with Crippen molar-refractivity contribution in [2.45, 2.75) is 57.7 Å². The number of nitriles is 1. The molecule has 1 fully saturated rings. The number of hydrogen-bond donors (Lipinski definition) is 2. The molecule has 0 amide bonds. The number of hydrogen-bond acceptors (Lipinski definition) is 6. The predicted octanol–water partition coefficient (Wildman–Crippen LogP) is 4.95. The van der Waals surface area contributed by atoms with E-state index in [0.29, 0.717) is 11.6 Å². The van der Waals surface area contributed by atoms with E-state index in [1.165, 1.54) is 0 Å². The average molecular weight is 392 g/mol. The molecule has 4 rings (SSSR count). The molecule has 144 valence electrons. The van der Waals surface area contributed by atoms with Crippen LogP contribution in [0.15, 0.2) is 36.4 Å². The van der Waals surface area contributed by atoms with E-state index < -0.39 is 0 Å². The number of nitrogens with zero attached hydrogens (tertiary/aromatic N) is 3. The van der Waals surface area contributed by atoms with E-state index in [9.17, 15) is 0 Å². The maximum absolute atomic E-state index is 9.07. The van der Waals surface area contributed by atoms with Gasteiger partial charge in [-0.15, -0.1) is 21.5 Å². The first kappa shape index (κ1) is 18.9. The number of rotatable bonds is 3. The van der Waals surface area contributed by atoms with Crippen LogP contribution in [0.2, 0.25) is 0 Å². The summed E-state index contributed by atoms with van der Waals surface area (Å²) in [6, 6.07) is 14.4. The molecule has 0 bridgehead atoms. The Balaban J connectivity index is 1.52. The lowest BCUT2D eigenvalue weighted by Crippen LogP contribution is -2.60. The summed E-state index contributed by atoms with van der Waals surface area (Å²) in [5, 5.41) is 26.3. The highest BCUT2D eigenvalue weighted by Gasteiger charge is 2.37. The van der Waals surface area contributed by atoms with Gasteiger partial charge in [0.1, 0.15) is 11.5 Å². The van der Waals surface area contributed by atoms with E-state index in [4.69, 9.17) is 5.26 Å². The Kier molecular flexibility index (Phi) is 4.60. The molecule has 1 aliphatic heterocycles. The zero-order chi connectivity index (χ0) is 19.9. The fourth-order valence-corrected chi connectivity index (χ4v) is 5.42. The van der Waals surface area contributed by atoms with Crippen molar-refractivity contribution < 1.29 is 0 Å². The molecule has 0 aliphatic carbocycles. The molecule has 3 aromatic rings. The molecule has 3 heterocycles. The first-order valence-corrected chi connectivity index (χ1v) is 10.4. The van der Waals surface area contributed by atoms with Gasteiger partial charge in [0.15, 0.2) is 0 Å². The quantitative estimate of drug-likeness (QED) is 0.661. The lowest BCUT2D eigenvalue weighted by Gasteiger charge is -2.46. The number of benzene rings is 1. The van der Waals surface area contributed by atoms with Gasteiger partial charge in [-0.25, -0.2) is 0 Å².